The van der Waals surface area contributed by atoms with Crippen LogP contribution in [-0.4, -0.2) is 77.5 Å². The fourth-order valence-corrected chi connectivity index (χ4v) is 3.51. The summed E-state index contributed by atoms with van der Waals surface area (Å²) in [4.78, 5) is 23.6. The van der Waals surface area contributed by atoms with Crippen molar-refractivity contribution >= 4 is 16.9 Å². The van der Waals surface area contributed by atoms with E-state index < -0.39 is 65.1 Å². The summed E-state index contributed by atoms with van der Waals surface area (Å²) in [5.74, 6) is -4.57. The number of hydrogen-bond acceptors (Lipinski definition) is 12. The molecular formula is C21H18O13. The second-order valence-electron chi connectivity index (χ2n) is 7.50. The van der Waals surface area contributed by atoms with E-state index in [0.29, 0.717) is 0 Å². The van der Waals surface area contributed by atoms with Gasteiger partial charge in [-0.2, -0.15) is 0 Å². The zero-order valence-electron chi connectivity index (χ0n) is 16.9. The highest BCUT2D eigenvalue weighted by molar-refractivity contribution is 5.86. The van der Waals surface area contributed by atoms with Gasteiger partial charge >= 0.3 is 5.97 Å². The van der Waals surface area contributed by atoms with Crippen molar-refractivity contribution in [1.29, 1.82) is 0 Å². The molecule has 1 aliphatic rings. The molecule has 180 valence electrons. The molecule has 0 spiro atoms. The molecule has 1 fully saturated rings. The number of phenolic OH excluding ortho intramolecular Hbond substituents is 4. The lowest BCUT2D eigenvalue weighted by molar-refractivity contribution is -0.271. The van der Waals surface area contributed by atoms with E-state index in [9.17, 15) is 45.3 Å². The Kier molecular flexibility index (Phi) is 5.70. The van der Waals surface area contributed by atoms with Crippen LogP contribution in [0.2, 0.25) is 0 Å². The first kappa shape index (κ1) is 23.1. The van der Waals surface area contributed by atoms with E-state index in [1.54, 1.807) is 0 Å². The van der Waals surface area contributed by atoms with Gasteiger partial charge in [0.25, 0.3) is 0 Å². The first-order valence-corrected chi connectivity index (χ1v) is 9.63. The highest BCUT2D eigenvalue weighted by atomic mass is 16.7. The van der Waals surface area contributed by atoms with E-state index in [2.05, 4.69) is 0 Å². The monoisotopic (exact) mass is 478 g/mol. The molecule has 13 heteroatoms. The van der Waals surface area contributed by atoms with Gasteiger partial charge in [-0.3, -0.25) is 4.79 Å². The molecule has 1 aromatic heterocycles. The van der Waals surface area contributed by atoms with E-state index in [1.807, 2.05) is 0 Å². The lowest BCUT2D eigenvalue weighted by Crippen LogP contribution is -2.61. The Hall–Kier alpha value is -4.04. The summed E-state index contributed by atoms with van der Waals surface area (Å²) >= 11 is 0. The Balaban J connectivity index is 1.69. The standard InChI is InChI=1S/C21H18O13/c22-6-1-10(25)15-11(26)5-12(32-14(15)2-6)7-3-9(24)13(4-8(7)23)33-21-18(29)16(27)17(28)19(34-21)20(30)31/h1-5,16-19,21-25,27-29H,(H,30,31)/t16?,17-,18?,19-,21+/m0/s1. The maximum absolute atomic E-state index is 12.4. The van der Waals surface area contributed by atoms with Crippen LogP contribution < -0.4 is 10.2 Å². The molecule has 2 aromatic carbocycles. The molecule has 0 saturated carbocycles. The van der Waals surface area contributed by atoms with E-state index in [1.165, 1.54) is 0 Å². The molecule has 2 heterocycles. The first-order chi connectivity index (χ1) is 16.0. The van der Waals surface area contributed by atoms with Gasteiger partial charge in [0, 0.05) is 24.3 Å². The van der Waals surface area contributed by atoms with E-state index >= 15 is 0 Å². The molecule has 1 aliphatic heterocycles. The molecule has 5 atom stereocenters. The van der Waals surface area contributed by atoms with Gasteiger partial charge in [0.1, 0.15) is 52.3 Å². The summed E-state index contributed by atoms with van der Waals surface area (Å²) in [5.41, 5.74) is -1.11. The third kappa shape index (κ3) is 3.92. The maximum atomic E-state index is 12.4. The number of rotatable bonds is 4. The average Bonchev–Trinajstić information content (AvgIpc) is 2.75. The van der Waals surface area contributed by atoms with Crippen LogP contribution in [0.15, 0.2) is 39.5 Å². The number of carbonyl (C=O) groups is 1. The molecule has 0 amide bonds. The van der Waals surface area contributed by atoms with E-state index in [0.717, 1.165) is 30.3 Å². The number of fused-ring (bicyclic) bond motifs is 1. The van der Waals surface area contributed by atoms with Gasteiger partial charge < -0.3 is 54.7 Å². The van der Waals surface area contributed by atoms with Gasteiger partial charge in [0.2, 0.25) is 6.29 Å². The number of hydrogen-bond donors (Lipinski definition) is 8. The van der Waals surface area contributed by atoms with Crippen molar-refractivity contribution in [1.82, 2.24) is 0 Å². The minimum absolute atomic E-state index is 0.198. The number of ether oxygens (including phenoxy) is 2. The second kappa shape index (κ2) is 8.39. The van der Waals surface area contributed by atoms with Gasteiger partial charge in [-0.25, -0.2) is 4.79 Å². The molecule has 2 unspecified atom stereocenters. The number of phenols is 4. The predicted molar refractivity (Wildman–Crippen MR) is 110 cm³/mol. The van der Waals surface area contributed by atoms with E-state index in [-0.39, 0.29) is 28.0 Å². The first-order valence-electron chi connectivity index (χ1n) is 9.63. The highest BCUT2D eigenvalue weighted by Crippen LogP contribution is 2.41. The Labute approximate surface area is 188 Å². The summed E-state index contributed by atoms with van der Waals surface area (Å²) in [5, 5.41) is 78.8. The smallest absolute Gasteiger partial charge is 0.335 e. The van der Waals surface area contributed by atoms with Crippen molar-refractivity contribution < 1.29 is 59.5 Å². The number of carboxylic acid groups (broad SMARTS) is 1. The third-order valence-electron chi connectivity index (χ3n) is 5.19. The highest BCUT2D eigenvalue weighted by Gasteiger charge is 2.48. The molecule has 34 heavy (non-hydrogen) atoms. The van der Waals surface area contributed by atoms with Gasteiger partial charge in [-0.05, 0) is 6.07 Å². The zero-order valence-corrected chi connectivity index (χ0v) is 16.9. The molecule has 13 nitrogen and oxygen atoms in total. The summed E-state index contributed by atoms with van der Waals surface area (Å²) in [6.45, 7) is 0. The molecule has 0 radical (unpaired) electrons. The van der Waals surface area contributed by atoms with Crippen LogP contribution in [0, 0.1) is 0 Å². The van der Waals surface area contributed by atoms with Gasteiger partial charge in [-0.1, -0.05) is 0 Å². The lowest BCUT2D eigenvalue weighted by Gasteiger charge is -2.38. The molecule has 0 bridgehead atoms. The number of aliphatic hydroxyl groups excluding tert-OH is 3. The van der Waals surface area contributed by atoms with Crippen LogP contribution in [-0.2, 0) is 9.53 Å². The topological polar surface area (TPSA) is 228 Å². The summed E-state index contributed by atoms with van der Waals surface area (Å²) in [6.07, 6.45) is -9.61. The van der Waals surface area contributed by atoms with Gasteiger partial charge in [-0.15, -0.1) is 0 Å². The average molecular weight is 478 g/mol. The molecule has 0 aliphatic carbocycles. The fraction of sp³-hybridized carbons (Fsp3) is 0.238. The van der Waals surface area contributed by atoms with Crippen LogP contribution in [0.25, 0.3) is 22.3 Å². The zero-order chi connectivity index (χ0) is 24.9. The predicted octanol–water partition coefficient (Wildman–Crippen LogP) is -0.447. The molecule has 8 N–H and O–H groups in total. The minimum Gasteiger partial charge on any atom is -0.508 e. The van der Waals surface area contributed by atoms with Crippen LogP contribution in [0.5, 0.6) is 28.7 Å². The Morgan fingerprint density at radius 3 is 2.24 bits per heavy atom. The lowest BCUT2D eigenvalue weighted by atomic mass is 9.99. The van der Waals surface area contributed by atoms with Gasteiger partial charge in [0.15, 0.2) is 23.0 Å². The van der Waals surface area contributed by atoms with Gasteiger partial charge in [0.05, 0.1) is 5.56 Å². The summed E-state index contributed by atoms with van der Waals surface area (Å²) in [7, 11) is 0. The Bertz CT molecular complexity index is 1330. The number of aliphatic hydroxyl groups is 3. The summed E-state index contributed by atoms with van der Waals surface area (Å²) in [6, 6.07) is 4.71. The Morgan fingerprint density at radius 1 is 0.853 bits per heavy atom. The molecule has 3 aromatic rings. The van der Waals surface area contributed by atoms with Crippen molar-refractivity contribution in [2.75, 3.05) is 0 Å². The van der Waals surface area contributed by atoms with Crippen molar-refractivity contribution in [3.05, 3.63) is 40.6 Å². The molecular weight excluding hydrogens is 460 g/mol. The number of carboxylic acids is 1. The minimum atomic E-state index is -1.95. The van der Waals surface area contributed by atoms with Crippen LogP contribution >= 0.6 is 0 Å². The number of aliphatic carboxylic acids is 1. The normalized spacial score (nSPS) is 24.7. The van der Waals surface area contributed by atoms with Crippen molar-refractivity contribution in [2.45, 2.75) is 30.7 Å². The largest absolute Gasteiger partial charge is 0.508 e. The maximum Gasteiger partial charge on any atom is 0.335 e. The number of aromatic hydroxyl groups is 4. The molecule has 4 rings (SSSR count). The Morgan fingerprint density at radius 2 is 1.56 bits per heavy atom. The van der Waals surface area contributed by atoms with Crippen molar-refractivity contribution in [2.24, 2.45) is 0 Å². The van der Waals surface area contributed by atoms with Crippen LogP contribution in [0.1, 0.15) is 0 Å². The third-order valence-corrected chi connectivity index (χ3v) is 5.19. The van der Waals surface area contributed by atoms with E-state index in [4.69, 9.17) is 19.0 Å². The van der Waals surface area contributed by atoms with Crippen LogP contribution in [0.4, 0.5) is 0 Å². The number of benzene rings is 2. The summed E-state index contributed by atoms with van der Waals surface area (Å²) < 4.78 is 15.7. The van der Waals surface area contributed by atoms with Crippen molar-refractivity contribution in [3.63, 3.8) is 0 Å². The second-order valence-corrected chi connectivity index (χ2v) is 7.50. The molecule has 1 saturated heterocycles. The SMILES string of the molecule is O=C(O)[C@H]1O[C@@H](Oc2cc(O)c(-c3cc(=O)c4c(O)cc(O)cc4o3)cc2O)C(O)C(O)[C@@H]1O. The van der Waals surface area contributed by atoms with Crippen molar-refractivity contribution in [3.8, 4) is 40.1 Å². The fourth-order valence-electron chi connectivity index (χ4n) is 3.51. The quantitative estimate of drug-likeness (QED) is 0.223. The van der Waals surface area contributed by atoms with Crippen LogP contribution in [0.3, 0.4) is 0 Å².